The predicted octanol–water partition coefficient (Wildman–Crippen LogP) is 0.447. The van der Waals surface area contributed by atoms with Crippen molar-refractivity contribution in [1.82, 2.24) is 4.67 Å². The summed E-state index contributed by atoms with van der Waals surface area (Å²) in [7, 11) is 2.74. The molecule has 1 aliphatic heterocycles. The molecule has 1 fully saturated rings. The molecule has 0 saturated carbocycles. The number of piperidine rings is 1. The summed E-state index contributed by atoms with van der Waals surface area (Å²) in [5, 5.41) is 0. The minimum absolute atomic E-state index is 0.793. The van der Waals surface area contributed by atoms with Crippen molar-refractivity contribution < 1.29 is 0 Å². The van der Waals surface area contributed by atoms with Gasteiger partial charge in [0.05, 0.1) is 0 Å². The fraction of sp³-hybridized carbons (Fsp3) is 1.00. The molecule has 54 valence electrons. The highest BCUT2D eigenvalue weighted by Crippen LogP contribution is 2.17. The van der Waals surface area contributed by atoms with Crippen molar-refractivity contribution in [3.63, 3.8) is 0 Å². The van der Waals surface area contributed by atoms with Crippen molar-refractivity contribution in [2.24, 2.45) is 11.7 Å². The molecular weight excluding hydrogens is 131 g/mol. The molecule has 0 radical (unpaired) electrons. The van der Waals surface area contributed by atoms with Gasteiger partial charge in [-0.2, -0.15) is 0 Å². The van der Waals surface area contributed by atoms with Gasteiger partial charge in [-0.1, -0.05) is 9.39 Å². The first-order chi connectivity index (χ1) is 4.33. The van der Waals surface area contributed by atoms with Crippen LogP contribution in [-0.4, -0.2) is 24.3 Å². The van der Waals surface area contributed by atoms with Gasteiger partial charge in [-0.05, 0) is 25.3 Å². The van der Waals surface area contributed by atoms with E-state index in [-0.39, 0.29) is 0 Å². The van der Waals surface area contributed by atoms with Gasteiger partial charge in [-0.25, -0.2) is 0 Å². The third-order valence-corrected chi connectivity index (χ3v) is 2.50. The standard InChI is InChI=1S/C6H15N2P/c7-5-6-1-3-8(9)4-2-6/h6H,1-5,7,9H2. The lowest BCUT2D eigenvalue weighted by atomic mass is 9.99. The predicted molar refractivity (Wildman–Crippen MR) is 43.1 cm³/mol. The van der Waals surface area contributed by atoms with E-state index < -0.39 is 0 Å². The third-order valence-electron chi connectivity index (χ3n) is 1.98. The molecule has 1 saturated heterocycles. The van der Waals surface area contributed by atoms with E-state index in [9.17, 15) is 0 Å². The Balaban J connectivity index is 2.18. The maximum atomic E-state index is 5.52. The number of hydrogen-bond donors (Lipinski definition) is 1. The van der Waals surface area contributed by atoms with E-state index in [2.05, 4.69) is 14.1 Å². The molecule has 1 aliphatic rings. The molecule has 3 heteroatoms. The van der Waals surface area contributed by atoms with Crippen LogP contribution in [0.15, 0.2) is 0 Å². The fourth-order valence-electron chi connectivity index (χ4n) is 1.19. The molecule has 1 rings (SSSR count). The Morgan fingerprint density at radius 2 is 2.00 bits per heavy atom. The van der Waals surface area contributed by atoms with Crippen molar-refractivity contribution >= 4 is 9.39 Å². The highest BCUT2D eigenvalue weighted by Gasteiger charge is 2.14. The molecule has 0 aromatic carbocycles. The Kier molecular flexibility index (Phi) is 2.90. The van der Waals surface area contributed by atoms with E-state index in [1.807, 2.05) is 0 Å². The van der Waals surface area contributed by atoms with Crippen molar-refractivity contribution in [2.75, 3.05) is 19.6 Å². The number of nitrogens with zero attached hydrogens (tertiary/aromatic N) is 1. The molecule has 0 spiro atoms. The summed E-state index contributed by atoms with van der Waals surface area (Å²) in [6, 6.07) is 0. The lowest BCUT2D eigenvalue weighted by molar-refractivity contribution is 0.296. The Morgan fingerprint density at radius 1 is 1.44 bits per heavy atom. The average molecular weight is 146 g/mol. The first-order valence-corrected chi connectivity index (χ1v) is 4.04. The lowest BCUT2D eigenvalue weighted by Gasteiger charge is -2.27. The molecule has 2 nitrogen and oxygen atoms in total. The Hall–Kier alpha value is 0.350. The molecule has 1 heterocycles. The minimum atomic E-state index is 0.793. The number of nitrogens with two attached hydrogens (primary N) is 1. The van der Waals surface area contributed by atoms with Gasteiger partial charge in [-0.15, -0.1) is 0 Å². The zero-order valence-corrected chi connectivity index (χ0v) is 6.87. The molecule has 1 unspecified atom stereocenters. The maximum absolute atomic E-state index is 5.52. The highest BCUT2D eigenvalue weighted by atomic mass is 31.0. The molecule has 0 aromatic rings. The van der Waals surface area contributed by atoms with Crippen molar-refractivity contribution in [2.45, 2.75) is 12.8 Å². The zero-order chi connectivity index (χ0) is 6.69. The van der Waals surface area contributed by atoms with Gasteiger partial charge < -0.3 is 5.73 Å². The summed E-state index contributed by atoms with van der Waals surface area (Å²) in [5.74, 6) is 0.793. The van der Waals surface area contributed by atoms with Crippen LogP contribution in [0.3, 0.4) is 0 Å². The van der Waals surface area contributed by atoms with Gasteiger partial charge in [0.15, 0.2) is 0 Å². The van der Waals surface area contributed by atoms with Crippen molar-refractivity contribution in [3.8, 4) is 0 Å². The van der Waals surface area contributed by atoms with Crippen LogP contribution in [0.5, 0.6) is 0 Å². The van der Waals surface area contributed by atoms with E-state index in [0.717, 1.165) is 12.5 Å². The monoisotopic (exact) mass is 146 g/mol. The second-order valence-electron chi connectivity index (χ2n) is 2.72. The van der Waals surface area contributed by atoms with E-state index in [1.54, 1.807) is 0 Å². The quantitative estimate of drug-likeness (QED) is 0.544. The zero-order valence-electron chi connectivity index (χ0n) is 5.71. The van der Waals surface area contributed by atoms with Crippen LogP contribution in [0, 0.1) is 5.92 Å². The molecule has 9 heavy (non-hydrogen) atoms. The molecule has 0 amide bonds. The summed E-state index contributed by atoms with van der Waals surface area (Å²) in [5.41, 5.74) is 5.52. The molecule has 0 aliphatic carbocycles. The smallest absolute Gasteiger partial charge is 0.00193 e. The Labute approximate surface area is 59.0 Å². The highest BCUT2D eigenvalue weighted by molar-refractivity contribution is 7.13. The third kappa shape index (κ3) is 2.21. The lowest BCUT2D eigenvalue weighted by Crippen LogP contribution is -2.29. The average Bonchev–Trinajstić information content (AvgIpc) is 1.90. The normalized spacial score (nSPS) is 24.7. The van der Waals surface area contributed by atoms with Gasteiger partial charge >= 0.3 is 0 Å². The van der Waals surface area contributed by atoms with Gasteiger partial charge in [0.2, 0.25) is 0 Å². The van der Waals surface area contributed by atoms with E-state index in [4.69, 9.17) is 5.73 Å². The molecular formula is C6H15N2P. The SMILES string of the molecule is NCC1CCN(P)CC1. The largest absolute Gasteiger partial charge is 0.330 e. The van der Waals surface area contributed by atoms with E-state index in [1.165, 1.54) is 25.9 Å². The second-order valence-corrected chi connectivity index (χ2v) is 3.45. The van der Waals surface area contributed by atoms with Crippen molar-refractivity contribution in [3.05, 3.63) is 0 Å². The molecule has 2 N–H and O–H groups in total. The van der Waals surface area contributed by atoms with E-state index >= 15 is 0 Å². The summed E-state index contributed by atoms with van der Waals surface area (Å²) in [6.45, 7) is 3.28. The van der Waals surface area contributed by atoms with Crippen LogP contribution < -0.4 is 5.73 Å². The Morgan fingerprint density at radius 3 is 2.44 bits per heavy atom. The van der Waals surface area contributed by atoms with Gasteiger partial charge in [0, 0.05) is 13.1 Å². The summed E-state index contributed by atoms with van der Waals surface area (Å²) in [4.78, 5) is 0. The molecule has 1 atom stereocenters. The van der Waals surface area contributed by atoms with Crippen LogP contribution in [-0.2, 0) is 0 Å². The van der Waals surface area contributed by atoms with Gasteiger partial charge in [-0.3, -0.25) is 4.67 Å². The Bertz CT molecular complexity index is 79.1. The van der Waals surface area contributed by atoms with Crippen LogP contribution in [0.25, 0.3) is 0 Å². The molecule has 0 bridgehead atoms. The summed E-state index contributed by atoms with van der Waals surface area (Å²) >= 11 is 0. The second kappa shape index (κ2) is 3.50. The van der Waals surface area contributed by atoms with Crippen LogP contribution >= 0.6 is 9.39 Å². The number of rotatable bonds is 1. The van der Waals surface area contributed by atoms with Gasteiger partial charge in [0.25, 0.3) is 0 Å². The van der Waals surface area contributed by atoms with Crippen molar-refractivity contribution in [1.29, 1.82) is 0 Å². The minimum Gasteiger partial charge on any atom is -0.330 e. The first kappa shape index (κ1) is 7.46. The molecule has 0 aromatic heterocycles. The first-order valence-electron chi connectivity index (χ1n) is 3.52. The van der Waals surface area contributed by atoms with Crippen LogP contribution in [0.4, 0.5) is 0 Å². The summed E-state index contributed by atoms with van der Waals surface area (Å²) in [6.07, 6.45) is 2.56. The fourth-order valence-corrected chi connectivity index (χ4v) is 1.49. The van der Waals surface area contributed by atoms with E-state index in [0.29, 0.717) is 0 Å². The van der Waals surface area contributed by atoms with Gasteiger partial charge in [0.1, 0.15) is 0 Å². The topological polar surface area (TPSA) is 29.3 Å². The maximum Gasteiger partial charge on any atom is 0.00193 e. The van der Waals surface area contributed by atoms with Crippen LogP contribution in [0.2, 0.25) is 0 Å². The number of hydrogen-bond acceptors (Lipinski definition) is 2. The summed E-state index contributed by atoms with van der Waals surface area (Å²) < 4.78 is 2.28. The van der Waals surface area contributed by atoms with Crippen LogP contribution in [0.1, 0.15) is 12.8 Å².